The molecule has 0 radical (unpaired) electrons. The highest BCUT2D eigenvalue weighted by Gasteiger charge is 2.42. The summed E-state index contributed by atoms with van der Waals surface area (Å²) in [7, 11) is 0. The van der Waals surface area contributed by atoms with Gasteiger partial charge < -0.3 is 9.64 Å². The standard InChI is InChI=1S/C16H21N3O2/c1-3-19(11-14-6-4-5-13(2)18-14)15(20)16(12-17)7-9-21-10-8-16/h4-6H,3,7-11H2,1-2H3. The Morgan fingerprint density at radius 2 is 2.19 bits per heavy atom. The van der Waals surface area contributed by atoms with Gasteiger partial charge in [-0.2, -0.15) is 5.26 Å². The molecule has 112 valence electrons. The minimum absolute atomic E-state index is 0.0980. The van der Waals surface area contributed by atoms with E-state index in [9.17, 15) is 10.1 Å². The van der Waals surface area contributed by atoms with Gasteiger partial charge in [-0.3, -0.25) is 9.78 Å². The number of nitrogens with zero attached hydrogens (tertiary/aromatic N) is 3. The average Bonchev–Trinajstić information content (AvgIpc) is 2.52. The van der Waals surface area contributed by atoms with Crippen molar-refractivity contribution in [3.05, 3.63) is 29.6 Å². The molecule has 0 atom stereocenters. The van der Waals surface area contributed by atoms with Crippen LogP contribution in [0.5, 0.6) is 0 Å². The normalized spacial score (nSPS) is 17.0. The number of hydrogen-bond donors (Lipinski definition) is 0. The Bertz CT molecular complexity index is 545. The molecule has 21 heavy (non-hydrogen) atoms. The van der Waals surface area contributed by atoms with Crippen LogP contribution in [0.1, 0.15) is 31.2 Å². The van der Waals surface area contributed by atoms with Gasteiger partial charge in [0.25, 0.3) is 0 Å². The van der Waals surface area contributed by atoms with Gasteiger partial charge in [0.05, 0.1) is 18.3 Å². The van der Waals surface area contributed by atoms with Gasteiger partial charge in [-0.1, -0.05) is 6.07 Å². The van der Waals surface area contributed by atoms with Crippen molar-refractivity contribution in [3.63, 3.8) is 0 Å². The van der Waals surface area contributed by atoms with E-state index in [1.54, 1.807) is 4.90 Å². The fraction of sp³-hybridized carbons (Fsp3) is 0.562. The highest BCUT2D eigenvalue weighted by atomic mass is 16.5. The summed E-state index contributed by atoms with van der Waals surface area (Å²) in [6.07, 6.45) is 0.945. The molecule has 1 aliphatic rings. The second kappa shape index (κ2) is 6.68. The zero-order chi connectivity index (χ0) is 15.3. The number of hydrogen-bond acceptors (Lipinski definition) is 4. The maximum Gasteiger partial charge on any atom is 0.243 e. The molecule has 0 N–H and O–H groups in total. The average molecular weight is 287 g/mol. The van der Waals surface area contributed by atoms with Crippen LogP contribution in [0.4, 0.5) is 0 Å². The predicted molar refractivity (Wildman–Crippen MR) is 78.2 cm³/mol. The van der Waals surface area contributed by atoms with Crippen molar-refractivity contribution in [2.75, 3.05) is 19.8 Å². The monoisotopic (exact) mass is 287 g/mol. The summed E-state index contributed by atoms with van der Waals surface area (Å²) in [6, 6.07) is 8.01. The largest absolute Gasteiger partial charge is 0.381 e. The first kappa shape index (κ1) is 15.5. The van der Waals surface area contributed by atoms with Crippen LogP contribution >= 0.6 is 0 Å². The van der Waals surface area contributed by atoms with E-state index in [1.807, 2.05) is 32.0 Å². The lowest BCUT2D eigenvalue weighted by Crippen LogP contribution is -2.46. The second-order valence-electron chi connectivity index (χ2n) is 5.40. The van der Waals surface area contributed by atoms with Gasteiger partial charge in [-0.15, -0.1) is 0 Å². The lowest BCUT2D eigenvalue weighted by Gasteiger charge is -2.34. The van der Waals surface area contributed by atoms with Crippen LogP contribution in [-0.2, 0) is 16.1 Å². The number of nitriles is 1. The number of ether oxygens (including phenoxy) is 1. The molecule has 5 heteroatoms. The lowest BCUT2D eigenvalue weighted by atomic mass is 9.80. The molecule has 1 aliphatic heterocycles. The van der Waals surface area contributed by atoms with E-state index in [1.165, 1.54) is 0 Å². The molecular weight excluding hydrogens is 266 g/mol. The van der Waals surface area contributed by atoms with Gasteiger partial charge in [-0.05, 0) is 38.8 Å². The molecular formula is C16H21N3O2. The summed E-state index contributed by atoms with van der Waals surface area (Å²) in [6.45, 7) is 5.81. The van der Waals surface area contributed by atoms with Crippen molar-refractivity contribution in [1.82, 2.24) is 9.88 Å². The first-order valence-corrected chi connectivity index (χ1v) is 7.32. The topological polar surface area (TPSA) is 66.2 Å². The molecule has 0 bridgehead atoms. The van der Waals surface area contributed by atoms with E-state index in [0.29, 0.717) is 39.1 Å². The quantitative estimate of drug-likeness (QED) is 0.850. The van der Waals surface area contributed by atoms with Crippen LogP contribution in [0.3, 0.4) is 0 Å². The molecule has 0 saturated carbocycles. The molecule has 0 unspecified atom stereocenters. The Labute approximate surface area is 125 Å². The third-order valence-electron chi connectivity index (χ3n) is 3.94. The summed E-state index contributed by atoms with van der Waals surface area (Å²) in [5, 5.41) is 9.50. The van der Waals surface area contributed by atoms with Crippen molar-refractivity contribution in [1.29, 1.82) is 5.26 Å². The van der Waals surface area contributed by atoms with E-state index in [0.717, 1.165) is 11.4 Å². The summed E-state index contributed by atoms with van der Waals surface area (Å²) in [4.78, 5) is 18.9. The molecule has 1 amide bonds. The van der Waals surface area contributed by atoms with Crippen LogP contribution in [0.25, 0.3) is 0 Å². The molecule has 2 heterocycles. The Hall–Kier alpha value is -1.93. The molecule has 1 saturated heterocycles. The molecule has 0 spiro atoms. The van der Waals surface area contributed by atoms with Crippen molar-refractivity contribution in [2.24, 2.45) is 5.41 Å². The van der Waals surface area contributed by atoms with Crippen molar-refractivity contribution in [2.45, 2.75) is 33.2 Å². The smallest absolute Gasteiger partial charge is 0.243 e. The fourth-order valence-corrected chi connectivity index (χ4v) is 2.61. The van der Waals surface area contributed by atoms with E-state index in [-0.39, 0.29) is 5.91 Å². The predicted octanol–water partition coefficient (Wildman–Crippen LogP) is 2.06. The molecule has 0 aromatic carbocycles. The van der Waals surface area contributed by atoms with Crippen molar-refractivity contribution < 1.29 is 9.53 Å². The van der Waals surface area contributed by atoms with E-state index in [2.05, 4.69) is 11.1 Å². The minimum Gasteiger partial charge on any atom is -0.381 e. The van der Waals surface area contributed by atoms with Gasteiger partial charge in [-0.25, -0.2) is 0 Å². The number of pyridine rings is 1. The Balaban J connectivity index is 2.16. The number of amides is 1. The van der Waals surface area contributed by atoms with Crippen LogP contribution in [0.15, 0.2) is 18.2 Å². The Morgan fingerprint density at radius 3 is 2.76 bits per heavy atom. The molecule has 1 aromatic heterocycles. The number of aryl methyl sites for hydroxylation is 1. The first-order chi connectivity index (χ1) is 10.1. The van der Waals surface area contributed by atoms with E-state index < -0.39 is 5.41 Å². The van der Waals surface area contributed by atoms with E-state index in [4.69, 9.17) is 4.74 Å². The minimum atomic E-state index is -0.932. The van der Waals surface area contributed by atoms with Gasteiger partial charge >= 0.3 is 0 Å². The summed E-state index contributed by atoms with van der Waals surface area (Å²) in [5.74, 6) is -0.0980. The van der Waals surface area contributed by atoms with Crippen LogP contribution in [-0.4, -0.2) is 35.5 Å². The Morgan fingerprint density at radius 1 is 1.48 bits per heavy atom. The zero-order valence-electron chi connectivity index (χ0n) is 12.6. The number of aromatic nitrogens is 1. The summed E-state index contributed by atoms with van der Waals surface area (Å²) in [5.41, 5.74) is 0.848. The van der Waals surface area contributed by atoms with Gasteiger partial charge in [0.15, 0.2) is 0 Å². The third kappa shape index (κ3) is 3.40. The Kier molecular flexibility index (Phi) is 4.92. The van der Waals surface area contributed by atoms with Gasteiger partial charge in [0.1, 0.15) is 5.41 Å². The SMILES string of the molecule is CCN(Cc1cccc(C)n1)C(=O)C1(C#N)CCOCC1. The van der Waals surface area contributed by atoms with E-state index >= 15 is 0 Å². The van der Waals surface area contributed by atoms with Gasteiger partial charge in [0.2, 0.25) is 5.91 Å². The number of carbonyl (C=O) groups is 1. The number of carbonyl (C=O) groups excluding carboxylic acids is 1. The molecule has 1 aromatic rings. The maximum absolute atomic E-state index is 12.8. The van der Waals surface area contributed by atoms with Crippen molar-refractivity contribution >= 4 is 5.91 Å². The third-order valence-corrected chi connectivity index (χ3v) is 3.94. The molecule has 5 nitrogen and oxygen atoms in total. The first-order valence-electron chi connectivity index (χ1n) is 7.32. The number of rotatable bonds is 4. The summed E-state index contributed by atoms with van der Waals surface area (Å²) < 4.78 is 5.29. The van der Waals surface area contributed by atoms with Crippen LogP contribution < -0.4 is 0 Å². The lowest BCUT2D eigenvalue weighted by molar-refractivity contribution is -0.143. The second-order valence-corrected chi connectivity index (χ2v) is 5.40. The van der Waals surface area contributed by atoms with Crippen LogP contribution in [0.2, 0.25) is 0 Å². The molecule has 0 aliphatic carbocycles. The fourth-order valence-electron chi connectivity index (χ4n) is 2.61. The van der Waals surface area contributed by atoms with Crippen LogP contribution in [0, 0.1) is 23.7 Å². The highest BCUT2D eigenvalue weighted by molar-refractivity contribution is 5.85. The maximum atomic E-state index is 12.8. The van der Waals surface area contributed by atoms with Crippen molar-refractivity contribution in [3.8, 4) is 6.07 Å². The summed E-state index contributed by atoms with van der Waals surface area (Å²) >= 11 is 0. The molecule has 2 rings (SSSR count). The zero-order valence-corrected chi connectivity index (χ0v) is 12.6. The molecule has 1 fully saturated rings. The highest BCUT2D eigenvalue weighted by Crippen LogP contribution is 2.32. The van der Waals surface area contributed by atoms with Gasteiger partial charge in [0, 0.05) is 25.5 Å².